The number of hydrogen-bond acceptors (Lipinski definition) is 4. The van der Waals surface area contributed by atoms with Crippen LogP contribution in [-0.2, 0) is 9.53 Å². The number of carbonyl (C=O) groups is 2. The molecular formula is C14H17NO4. The minimum absolute atomic E-state index is 0.116. The first kappa shape index (κ1) is 13.4. The van der Waals surface area contributed by atoms with Crippen LogP contribution < -0.4 is 0 Å². The Bertz CT molecular complexity index is 512. The number of likely N-dealkylation sites (tertiary alicyclic amines) is 1. The van der Waals surface area contributed by atoms with E-state index in [1.165, 1.54) is 13.2 Å². The molecule has 0 spiro atoms. The highest BCUT2D eigenvalue weighted by molar-refractivity contribution is 5.95. The van der Waals surface area contributed by atoms with Crippen molar-refractivity contribution in [3.05, 3.63) is 29.3 Å². The summed E-state index contributed by atoms with van der Waals surface area (Å²) in [6.45, 7) is 2.69. The number of nitrogens with zero attached hydrogens (tertiary/aromatic N) is 1. The van der Waals surface area contributed by atoms with Gasteiger partial charge in [0.25, 0.3) is 5.91 Å². The monoisotopic (exact) mass is 263 g/mol. The molecule has 1 N–H and O–H groups in total. The van der Waals surface area contributed by atoms with Gasteiger partial charge < -0.3 is 14.7 Å². The van der Waals surface area contributed by atoms with Crippen molar-refractivity contribution in [1.29, 1.82) is 0 Å². The van der Waals surface area contributed by atoms with Crippen molar-refractivity contribution in [2.75, 3.05) is 20.2 Å². The maximum Gasteiger partial charge on any atom is 0.310 e. The SMILES string of the molecule is COC(=O)C1CCN(C(=O)c2ccc(O)c(C)c2)C1. The van der Waals surface area contributed by atoms with Crippen LogP contribution in [0.25, 0.3) is 0 Å². The Morgan fingerprint density at radius 3 is 2.79 bits per heavy atom. The number of hydrogen-bond donors (Lipinski definition) is 1. The van der Waals surface area contributed by atoms with E-state index >= 15 is 0 Å². The zero-order valence-electron chi connectivity index (χ0n) is 11.0. The van der Waals surface area contributed by atoms with E-state index < -0.39 is 0 Å². The molecule has 0 saturated carbocycles. The average molecular weight is 263 g/mol. The Morgan fingerprint density at radius 2 is 2.16 bits per heavy atom. The molecule has 1 aliphatic heterocycles. The van der Waals surface area contributed by atoms with E-state index in [1.807, 2.05) is 0 Å². The lowest BCUT2D eigenvalue weighted by Crippen LogP contribution is -2.30. The van der Waals surface area contributed by atoms with Crippen LogP contribution in [0, 0.1) is 12.8 Å². The van der Waals surface area contributed by atoms with Gasteiger partial charge in [-0.05, 0) is 37.1 Å². The molecule has 0 bridgehead atoms. The molecule has 2 rings (SSSR count). The van der Waals surface area contributed by atoms with E-state index in [9.17, 15) is 14.7 Å². The van der Waals surface area contributed by atoms with Gasteiger partial charge in [-0.1, -0.05) is 0 Å². The molecule has 1 heterocycles. The van der Waals surface area contributed by atoms with Gasteiger partial charge in [0.1, 0.15) is 5.75 Å². The molecule has 19 heavy (non-hydrogen) atoms. The molecule has 1 unspecified atom stereocenters. The molecule has 1 atom stereocenters. The number of methoxy groups -OCH3 is 1. The molecule has 1 aliphatic rings. The van der Waals surface area contributed by atoms with E-state index in [-0.39, 0.29) is 23.5 Å². The summed E-state index contributed by atoms with van der Waals surface area (Å²) in [5.74, 6) is -0.440. The minimum Gasteiger partial charge on any atom is -0.508 e. The number of aryl methyl sites for hydroxylation is 1. The van der Waals surface area contributed by atoms with E-state index in [2.05, 4.69) is 0 Å². The summed E-state index contributed by atoms with van der Waals surface area (Å²) in [4.78, 5) is 25.3. The number of ether oxygens (including phenoxy) is 1. The summed E-state index contributed by atoms with van der Waals surface area (Å²) in [5.41, 5.74) is 1.19. The van der Waals surface area contributed by atoms with Gasteiger partial charge in [-0.2, -0.15) is 0 Å². The van der Waals surface area contributed by atoms with E-state index in [0.717, 1.165) is 0 Å². The third-order valence-electron chi connectivity index (χ3n) is 3.45. The highest BCUT2D eigenvalue weighted by Crippen LogP contribution is 2.22. The Balaban J connectivity index is 2.09. The van der Waals surface area contributed by atoms with Crippen molar-refractivity contribution in [2.45, 2.75) is 13.3 Å². The van der Waals surface area contributed by atoms with Crippen LogP contribution in [-0.4, -0.2) is 42.1 Å². The van der Waals surface area contributed by atoms with Crippen molar-refractivity contribution in [2.24, 2.45) is 5.92 Å². The van der Waals surface area contributed by atoms with Crippen molar-refractivity contribution < 1.29 is 19.4 Å². The number of amides is 1. The van der Waals surface area contributed by atoms with Gasteiger partial charge in [0, 0.05) is 18.7 Å². The van der Waals surface area contributed by atoms with E-state index in [4.69, 9.17) is 4.74 Å². The normalized spacial score (nSPS) is 18.4. The first-order valence-corrected chi connectivity index (χ1v) is 6.19. The largest absolute Gasteiger partial charge is 0.508 e. The Kier molecular flexibility index (Phi) is 3.74. The second kappa shape index (κ2) is 5.30. The van der Waals surface area contributed by atoms with Crippen LogP contribution in [0.3, 0.4) is 0 Å². The molecule has 102 valence electrons. The fourth-order valence-electron chi connectivity index (χ4n) is 2.27. The van der Waals surface area contributed by atoms with Crippen molar-refractivity contribution in [3.8, 4) is 5.75 Å². The smallest absolute Gasteiger partial charge is 0.310 e. The van der Waals surface area contributed by atoms with Crippen LogP contribution in [0.1, 0.15) is 22.3 Å². The van der Waals surface area contributed by atoms with Crippen molar-refractivity contribution in [3.63, 3.8) is 0 Å². The number of carbonyl (C=O) groups excluding carboxylic acids is 2. The van der Waals surface area contributed by atoms with Crippen LogP contribution in [0.15, 0.2) is 18.2 Å². The molecule has 0 aromatic heterocycles. The molecule has 1 aromatic rings. The van der Waals surface area contributed by atoms with Crippen molar-refractivity contribution >= 4 is 11.9 Å². The minimum atomic E-state index is -0.266. The summed E-state index contributed by atoms with van der Waals surface area (Å²) in [6, 6.07) is 4.76. The lowest BCUT2D eigenvalue weighted by molar-refractivity contribution is -0.144. The van der Waals surface area contributed by atoms with E-state index in [0.29, 0.717) is 30.6 Å². The number of benzene rings is 1. The lowest BCUT2D eigenvalue weighted by atomic mass is 10.1. The topological polar surface area (TPSA) is 66.8 Å². The number of aromatic hydroxyl groups is 1. The van der Waals surface area contributed by atoms with Gasteiger partial charge in [0.2, 0.25) is 0 Å². The van der Waals surface area contributed by atoms with Crippen LogP contribution in [0.5, 0.6) is 5.75 Å². The number of phenolic OH excluding ortho intramolecular Hbond substituents is 1. The fraction of sp³-hybridized carbons (Fsp3) is 0.429. The van der Waals surface area contributed by atoms with Crippen molar-refractivity contribution in [1.82, 2.24) is 4.90 Å². The zero-order valence-corrected chi connectivity index (χ0v) is 11.0. The zero-order chi connectivity index (χ0) is 14.0. The van der Waals surface area contributed by atoms with Gasteiger partial charge >= 0.3 is 5.97 Å². The third kappa shape index (κ3) is 2.70. The summed E-state index contributed by atoms with van der Waals surface area (Å²) in [6.07, 6.45) is 0.634. The maximum atomic E-state index is 12.3. The van der Waals surface area contributed by atoms with E-state index in [1.54, 1.807) is 24.0 Å². The molecule has 1 saturated heterocycles. The second-order valence-corrected chi connectivity index (χ2v) is 4.76. The first-order chi connectivity index (χ1) is 9.02. The third-order valence-corrected chi connectivity index (χ3v) is 3.45. The van der Waals surface area contributed by atoms with Gasteiger partial charge in [-0.15, -0.1) is 0 Å². The van der Waals surface area contributed by atoms with Gasteiger partial charge in [-0.25, -0.2) is 0 Å². The summed E-state index contributed by atoms with van der Waals surface area (Å²) in [7, 11) is 1.36. The van der Waals surface area contributed by atoms with Gasteiger partial charge in [-0.3, -0.25) is 9.59 Å². The molecule has 1 amide bonds. The average Bonchev–Trinajstić information content (AvgIpc) is 2.89. The van der Waals surface area contributed by atoms with Crippen LogP contribution in [0.4, 0.5) is 0 Å². The Hall–Kier alpha value is -2.04. The highest BCUT2D eigenvalue weighted by atomic mass is 16.5. The predicted molar refractivity (Wildman–Crippen MR) is 68.9 cm³/mol. The molecule has 5 heteroatoms. The fourth-order valence-corrected chi connectivity index (χ4v) is 2.27. The standard InChI is InChI=1S/C14H17NO4/c1-9-7-10(3-4-12(9)16)13(17)15-6-5-11(8-15)14(18)19-2/h3-4,7,11,16H,5-6,8H2,1-2H3. The molecule has 0 aliphatic carbocycles. The van der Waals surface area contributed by atoms with Crippen LogP contribution in [0.2, 0.25) is 0 Å². The van der Waals surface area contributed by atoms with Gasteiger partial charge in [0.15, 0.2) is 0 Å². The molecular weight excluding hydrogens is 246 g/mol. The number of rotatable bonds is 2. The van der Waals surface area contributed by atoms with Crippen LogP contribution >= 0.6 is 0 Å². The molecule has 1 aromatic carbocycles. The Labute approximate surface area is 111 Å². The maximum absolute atomic E-state index is 12.3. The lowest BCUT2D eigenvalue weighted by Gasteiger charge is -2.16. The molecule has 0 radical (unpaired) electrons. The summed E-state index contributed by atoms with van der Waals surface area (Å²) < 4.78 is 4.69. The highest BCUT2D eigenvalue weighted by Gasteiger charge is 2.32. The molecule has 5 nitrogen and oxygen atoms in total. The quantitative estimate of drug-likeness (QED) is 0.818. The summed E-state index contributed by atoms with van der Waals surface area (Å²) in [5, 5.41) is 9.45. The van der Waals surface area contributed by atoms with Gasteiger partial charge in [0.05, 0.1) is 13.0 Å². The number of phenols is 1. The first-order valence-electron chi connectivity index (χ1n) is 6.19. The Morgan fingerprint density at radius 1 is 1.42 bits per heavy atom. The summed E-state index contributed by atoms with van der Waals surface area (Å²) >= 11 is 0. The second-order valence-electron chi connectivity index (χ2n) is 4.76. The number of esters is 1. The predicted octanol–water partition coefficient (Wildman–Crippen LogP) is 1.34. The molecule has 1 fully saturated rings.